The summed E-state index contributed by atoms with van der Waals surface area (Å²) in [7, 11) is 0. The topological polar surface area (TPSA) is 28.6 Å². The average Bonchev–Trinajstić information content (AvgIpc) is 3.05. The maximum atomic E-state index is 4.35. The molecular formula is C16H14N3+. The van der Waals surface area contributed by atoms with Crippen LogP contribution in [0.2, 0.25) is 0 Å². The van der Waals surface area contributed by atoms with Crippen LogP contribution < -0.4 is 4.57 Å². The smallest absolute Gasteiger partial charge is 0.213 e. The summed E-state index contributed by atoms with van der Waals surface area (Å²) in [6.07, 6.45) is 5.65. The Labute approximate surface area is 112 Å². The Balaban J connectivity index is 1.86. The van der Waals surface area contributed by atoms with Gasteiger partial charge in [-0.1, -0.05) is 12.1 Å². The number of hydrogen-bond donors (Lipinski definition) is 0. The molecule has 0 saturated heterocycles. The van der Waals surface area contributed by atoms with Crippen molar-refractivity contribution in [3.8, 4) is 11.3 Å². The van der Waals surface area contributed by atoms with E-state index in [1.165, 1.54) is 27.9 Å². The maximum absolute atomic E-state index is 4.35. The summed E-state index contributed by atoms with van der Waals surface area (Å²) < 4.78 is 2.29. The molecule has 3 heterocycles. The largest absolute Gasteiger partial charge is 0.260 e. The first-order chi connectivity index (χ1) is 9.31. The van der Waals surface area contributed by atoms with Gasteiger partial charge >= 0.3 is 0 Å². The molecule has 2 aromatic rings. The molecule has 92 valence electrons. The fraction of sp³-hybridized carbons (Fsp3) is 0.188. The van der Waals surface area contributed by atoms with E-state index in [1.807, 2.05) is 0 Å². The molecule has 1 aromatic heterocycles. The molecule has 0 unspecified atom stereocenters. The van der Waals surface area contributed by atoms with Gasteiger partial charge in [-0.2, -0.15) is 4.57 Å². The highest BCUT2D eigenvalue weighted by molar-refractivity contribution is 6.17. The number of pyridine rings is 1. The van der Waals surface area contributed by atoms with E-state index in [9.17, 15) is 0 Å². The maximum Gasteiger partial charge on any atom is 0.213 e. The molecule has 0 radical (unpaired) electrons. The number of nitrogens with zero attached hydrogens (tertiary/aromatic N) is 3. The highest BCUT2D eigenvalue weighted by Crippen LogP contribution is 2.31. The van der Waals surface area contributed by atoms with Crippen molar-refractivity contribution >= 4 is 12.4 Å². The summed E-state index contributed by atoms with van der Waals surface area (Å²) in [4.78, 5) is 8.70. The second kappa shape index (κ2) is 3.85. The first kappa shape index (κ1) is 10.6. The first-order valence-corrected chi connectivity index (χ1v) is 6.49. The molecule has 19 heavy (non-hydrogen) atoms. The van der Waals surface area contributed by atoms with Crippen LogP contribution in [0.3, 0.4) is 0 Å². The van der Waals surface area contributed by atoms with Gasteiger partial charge in [-0.05, 0) is 24.1 Å². The van der Waals surface area contributed by atoms with Crippen LogP contribution in [0, 0.1) is 6.92 Å². The van der Waals surface area contributed by atoms with Crippen molar-refractivity contribution in [2.45, 2.75) is 19.6 Å². The zero-order valence-corrected chi connectivity index (χ0v) is 10.7. The Morgan fingerprint density at radius 1 is 1.11 bits per heavy atom. The zero-order valence-electron chi connectivity index (χ0n) is 10.7. The quantitative estimate of drug-likeness (QED) is 0.592. The van der Waals surface area contributed by atoms with E-state index in [0.29, 0.717) is 0 Å². The second-order valence-corrected chi connectivity index (χ2v) is 5.10. The molecular weight excluding hydrogens is 234 g/mol. The lowest BCUT2D eigenvalue weighted by Gasteiger charge is -2.05. The summed E-state index contributed by atoms with van der Waals surface area (Å²) >= 11 is 0. The predicted octanol–water partition coefficient (Wildman–Crippen LogP) is 2.47. The van der Waals surface area contributed by atoms with Gasteiger partial charge in [-0.25, -0.2) is 0 Å². The van der Waals surface area contributed by atoms with Crippen LogP contribution in [-0.4, -0.2) is 12.4 Å². The number of fused-ring (bicyclic) bond motifs is 3. The molecule has 2 aliphatic heterocycles. The lowest BCUT2D eigenvalue weighted by Crippen LogP contribution is -2.31. The number of hydrogen-bond acceptors (Lipinski definition) is 2. The lowest BCUT2D eigenvalue weighted by atomic mass is 10.0. The van der Waals surface area contributed by atoms with Crippen molar-refractivity contribution in [3.05, 3.63) is 53.2 Å². The van der Waals surface area contributed by atoms with Gasteiger partial charge < -0.3 is 0 Å². The van der Waals surface area contributed by atoms with Gasteiger partial charge in [0.1, 0.15) is 0 Å². The standard InChI is InChI=1S/C16H14N3/c1-11-4-7-19-10-13-3-2-12(16-17-5-6-18-16)9-14(13)15(19)8-11/h2-9,16H,10H2,1H3/q+1. The van der Waals surface area contributed by atoms with E-state index in [0.717, 1.165) is 6.54 Å². The molecule has 0 spiro atoms. The van der Waals surface area contributed by atoms with Crippen LogP contribution in [0.1, 0.15) is 22.9 Å². The molecule has 3 nitrogen and oxygen atoms in total. The highest BCUT2D eigenvalue weighted by Gasteiger charge is 2.26. The van der Waals surface area contributed by atoms with E-state index >= 15 is 0 Å². The molecule has 0 N–H and O–H groups in total. The number of aliphatic imine (C=N–C) groups is 2. The summed E-state index contributed by atoms with van der Waals surface area (Å²) in [5, 5.41) is 0. The number of benzene rings is 1. The van der Waals surface area contributed by atoms with Gasteiger partial charge in [-0.15, -0.1) is 0 Å². The van der Waals surface area contributed by atoms with Crippen molar-refractivity contribution in [1.29, 1.82) is 0 Å². The minimum Gasteiger partial charge on any atom is -0.260 e. The van der Waals surface area contributed by atoms with Gasteiger partial charge in [-0.3, -0.25) is 9.98 Å². The Morgan fingerprint density at radius 3 is 2.79 bits per heavy atom. The van der Waals surface area contributed by atoms with Crippen LogP contribution in [0.4, 0.5) is 0 Å². The number of rotatable bonds is 1. The van der Waals surface area contributed by atoms with Crippen molar-refractivity contribution in [3.63, 3.8) is 0 Å². The van der Waals surface area contributed by atoms with E-state index in [2.05, 4.69) is 58.0 Å². The van der Waals surface area contributed by atoms with Crippen LogP contribution in [0.5, 0.6) is 0 Å². The molecule has 1 aromatic carbocycles. The Hall–Kier alpha value is -2.29. The predicted molar refractivity (Wildman–Crippen MR) is 75.6 cm³/mol. The van der Waals surface area contributed by atoms with Crippen molar-refractivity contribution in [1.82, 2.24) is 0 Å². The first-order valence-electron chi connectivity index (χ1n) is 6.49. The number of aromatic nitrogens is 1. The van der Waals surface area contributed by atoms with Crippen LogP contribution in [0.25, 0.3) is 11.3 Å². The third-order valence-corrected chi connectivity index (χ3v) is 3.76. The minimum absolute atomic E-state index is 0.0517. The fourth-order valence-corrected chi connectivity index (χ4v) is 2.77. The van der Waals surface area contributed by atoms with E-state index in [-0.39, 0.29) is 6.17 Å². The Bertz CT molecular complexity index is 717. The van der Waals surface area contributed by atoms with Gasteiger partial charge in [0, 0.05) is 30.1 Å². The molecule has 0 atom stereocenters. The molecule has 0 fully saturated rings. The molecule has 4 rings (SSSR count). The average molecular weight is 248 g/mol. The number of aryl methyl sites for hydroxylation is 1. The highest BCUT2D eigenvalue weighted by atomic mass is 15.0. The summed E-state index contributed by atoms with van der Waals surface area (Å²) in [6, 6.07) is 11.0. The van der Waals surface area contributed by atoms with E-state index < -0.39 is 0 Å². The van der Waals surface area contributed by atoms with E-state index in [4.69, 9.17) is 0 Å². The minimum atomic E-state index is -0.0517. The van der Waals surface area contributed by atoms with Crippen molar-refractivity contribution in [2.24, 2.45) is 9.98 Å². The zero-order chi connectivity index (χ0) is 12.8. The van der Waals surface area contributed by atoms with Gasteiger partial charge in [0.25, 0.3) is 0 Å². The molecule has 3 heteroatoms. The molecule has 0 bridgehead atoms. The van der Waals surface area contributed by atoms with Crippen molar-refractivity contribution < 1.29 is 4.57 Å². The summed E-state index contributed by atoms with van der Waals surface area (Å²) in [5.41, 5.74) is 6.45. The lowest BCUT2D eigenvalue weighted by molar-refractivity contribution is -0.672. The third-order valence-electron chi connectivity index (χ3n) is 3.76. The van der Waals surface area contributed by atoms with E-state index in [1.54, 1.807) is 12.4 Å². The Morgan fingerprint density at radius 2 is 1.95 bits per heavy atom. The van der Waals surface area contributed by atoms with Gasteiger partial charge in [0.2, 0.25) is 5.69 Å². The summed E-state index contributed by atoms with van der Waals surface area (Å²) in [6.45, 7) is 3.09. The Kier molecular flexibility index (Phi) is 2.15. The second-order valence-electron chi connectivity index (χ2n) is 5.10. The molecule has 0 saturated carbocycles. The van der Waals surface area contributed by atoms with Crippen LogP contribution >= 0.6 is 0 Å². The van der Waals surface area contributed by atoms with Gasteiger partial charge in [0.05, 0.1) is 5.56 Å². The third kappa shape index (κ3) is 1.62. The fourth-order valence-electron chi connectivity index (χ4n) is 2.77. The normalized spacial score (nSPS) is 15.8. The SMILES string of the molecule is Cc1cc[n+]2c(c1)-c1cc(C3N=CC=N3)ccc1C2. The van der Waals surface area contributed by atoms with Gasteiger partial charge in [0.15, 0.2) is 18.9 Å². The van der Waals surface area contributed by atoms with Crippen molar-refractivity contribution in [2.75, 3.05) is 0 Å². The summed E-state index contributed by atoms with van der Waals surface area (Å²) in [5.74, 6) is 0. The molecule has 2 aliphatic rings. The molecule has 0 amide bonds. The monoisotopic (exact) mass is 248 g/mol. The van der Waals surface area contributed by atoms with Crippen LogP contribution in [-0.2, 0) is 6.54 Å². The van der Waals surface area contributed by atoms with Crippen LogP contribution in [0.15, 0.2) is 46.5 Å². The molecule has 0 aliphatic carbocycles.